The fourth-order valence-electron chi connectivity index (χ4n) is 1.90. The van der Waals surface area contributed by atoms with Crippen LogP contribution in [0.25, 0.3) is 0 Å². The number of hydrogen-bond acceptors (Lipinski definition) is 2. The third-order valence-corrected chi connectivity index (χ3v) is 2.80. The molecule has 1 aliphatic carbocycles. The summed E-state index contributed by atoms with van der Waals surface area (Å²) >= 11 is 0. The van der Waals surface area contributed by atoms with Gasteiger partial charge in [-0.3, -0.25) is 0 Å². The molecule has 2 heteroatoms. The molecule has 0 bridgehead atoms. The van der Waals surface area contributed by atoms with Gasteiger partial charge in [0, 0.05) is 19.4 Å². The van der Waals surface area contributed by atoms with Gasteiger partial charge in [-0.2, -0.15) is 0 Å². The average Bonchev–Trinajstić information content (AvgIpc) is 1.99. The molecule has 1 N–H and O–H groups in total. The molecular formula is C11H22O2. The number of rotatable bonds is 5. The minimum atomic E-state index is -0.399. The van der Waals surface area contributed by atoms with Crippen LogP contribution < -0.4 is 0 Å². The number of ether oxygens (including phenoxy) is 1. The summed E-state index contributed by atoms with van der Waals surface area (Å²) in [5, 5.41) is 9.98. The normalized spacial score (nSPS) is 33.5. The van der Waals surface area contributed by atoms with E-state index in [0.29, 0.717) is 12.0 Å². The summed E-state index contributed by atoms with van der Waals surface area (Å²) < 4.78 is 5.42. The SMILES string of the molecule is CCOC1CC(O)(CCC(C)C)C1. The lowest BCUT2D eigenvalue weighted by Gasteiger charge is -2.43. The van der Waals surface area contributed by atoms with Crippen molar-refractivity contribution in [3.63, 3.8) is 0 Å². The molecule has 1 aliphatic rings. The van der Waals surface area contributed by atoms with Gasteiger partial charge >= 0.3 is 0 Å². The van der Waals surface area contributed by atoms with Gasteiger partial charge in [-0.25, -0.2) is 0 Å². The van der Waals surface area contributed by atoms with Crippen LogP contribution in [0.3, 0.4) is 0 Å². The van der Waals surface area contributed by atoms with E-state index in [-0.39, 0.29) is 0 Å². The summed E-state index contributed by atoms with van der Waals surface area (Å²) in [5.74, 6) is 0.690. The Bertz CT molecular complexity index is 148. The lowest BCUT2D eigenvalue weighted by molar-refractivity contribution is -0.142. The highest BCUT2D eigenvalue weighted by molar-refractivity contribution is 4.95. The van der Waals surface area contributed by atoms with Crippen molar-refractivity contribution in [3.8, 4) is 0 Å². The van der Waals surface area contributed by atoms with Crippen LogP contribution in [0.2, 0.25) is 0 Å². The molecule has 2 nitrogen and oxygen atoms in total. The molecule has 0 aromatic heterocycles. The molecular weight excluding hydrogens is 164 g/mol. The van der Waals surface area contributed by atoms with Gasteiger partial charge in [0.1, 0.15) is 0 Å². The van der Waals surface area contributed by atoms with E-state index in [4.69, 9.17) is 4.74 Å². The molecule has 0 aliphatic heterocycles. The predicted octanol–water partition coefficient (Wildman–Crippen LogP) is 2.35. The van der Waals surface area contributed by atoms with Gasteiger partial charge in [0.05, 0.1) is 11.7 Å². The van der Waals surface area contributed by atoms with Crippen molar-refractivity contribution in [2.75, 3.05) is 6.61 Å². The second-order valence-electron chi connectivity index (χ2n) is 4.64. The smallest absolute Gasteiger partial charge is 0.0697 e. The molecule has 0 aromatic rings. The Morgan fingerprint density at radius 2 is 2.08 bits per heavy atom. The van der Waals surface area contributed by atoms with Crippen LogP contribution in [0.5, 0.6) is 0 Å². The maximum Gasteiger partial charge on any atom is 0.0697 e. The summed E-state index contributed by atoms with van der Waals surface area (Å²) in [7, 11) is 0. The lowest BCUT2D eigenvalue weighted by Crippen LogP contribution is -2.48. The Balaban J connectivity index is 2.14. The van der Waals surface area contributed by atoms with E-state index in [1.54, 1.807) is 0 Å². The van der Waals surface area contributed by atoms with Gasteiger partial charge < -0.3 is 9.84 Å². The van der Waals surface area contributed by atoms with Gasteiger partial charge in [-0.15, -0.1) is 0 Å². The first-order valence-corrected chi connectivity index (χ1v) is 5.40. The van der Waals surface area contributed by atoms with Crippen LogP contribution in [0.4, 0.5) is 0 Å². The van der Waals surface area contributed by atoms with Gasteiger partial charge in [0.15, 0.2) is 0 Å². The van der Waals surface area contributed by atoms with E-state index in [9.17, 15) is 5.11 Å². The topological polar surface area (TPSA) is 29.5 Å². The summed E-state index contributed by atoms with van der Waals surface area (Å²) in [6, 6.07) is 0. The Morgan fingerprint density at radius 1 is 1.46 bits per heavy atom. The molecule has 0 aromatic carbocycles. The monoisotopic (exact) mass is 186 g/mol. The zero-order valence-corrected chi connectivity index (χ0v) is 9.05. The number of hydrogen-bond donors (Lipinski definition) is 1. The maximum absolute atomic E-state index is 9.98. The highest BCUT2D eigenvalue weighted by atomic mass is 16.5. The summed E-state index contributed by atoms with van der Waals surface area (Å²) in [5.41, 5.74) is -0.399. The first-order chi connectivity index (χ1) is 6.06. The molecule has 0 unspecified atom stereocenters. The minimum Gasteiger partial charge on any atom is -0.390 e. The third kappa shape index (κ3) is 3.28. The van der Waals surface area contributed by atoms with E-state index in [2.05, 4.69) is 13.8 Å². The van der Waals surface area contributed by atoms with Crippen molar-refractivity contribution >= 4 is 0 Å². The second kappa shape index (κ2) is 4.43. The third-order valence-electron chi connectivity index (χ3n) is 2.80. The lowest BCUT2D eigenvalue weighted by atomic mass is 9.73. The fraction of sp³-hybridized carbons (Fsp3) is 1.00. The molecule has 0 radical (unpaired) electrons. The van der Waals surface area contributed by atoms with E-state index in [1.165, 1.54) is 0 Å². The molecule has 1 rings (SSSR count). The molecule has 0 amide bonds. The van der Waals surface area contributed by atoms with Gasteiger partial charge in [-0.05, 0) is 25.7 Å². The van der Waals surface area contributed by atoms with Gasteiger partial charge in [0.2, 0.25) is 0 Å². The van der Waals surface area contributed by atoms with Crippen LogP contribution in [0, 0.1) is 5.92 Å². The summed E-state index contributed by atoms with van der Waals surface area (Å²) in [4.78, 5) is 0. The quantitative estimate of drug-likeness (QED) is 0.714. The van der Waals surface area contributed by atoms with Crippen molar-refractivity contribution in [1.29, 1.82) is 0 Å². The maximum atomic E-state index is 9.98. The van der Waals surface area contributed by atoms with E-state index in [1.807, 2.05) is 6.92 Å². The molecule has 0 heterocycles. The van der Waals surface area contributed by atoms with Crippen LogP contribution >= 0.6 is 0 Å². The molecule has 78 valence electrons. The molecule has 1 saturated carbocycles. The second-order valence-corrected chi connectivity index (χ2v) is 4.64. The largest absolute Gasteiger partial charge is 0.390 e. The zero-order chi connectivity index (χ0) is 9.90. The van der Waals surface area contributed by atoms with Crippen LogP contribution in [0.1, 0.15) is 46.5 Å². The minimum absolute atomic E-state index is 0.321. The Kier molecular flexibility index (Phi) is 3.74. The molecule has 0 atom stereocenters. The number of aliphatic hydroxyl groups is 1. The van der Waals surface area contributed by atoms with Crippen molar-refractivity contribution in [3.05, 3.63) is 0 Å². The first kappa shape index (κ1) is 11.0. The molecule has 0 spiro atoms. The van der Waals surface area contributed by atoms with Crippen LogP contribution in [-0.2, 0) is 4.74 Å². The molecule has 0 saturated heterocycles. The van der Waals surface area contributed by atoms with Crippen molar-refractivity contribution in [1.82, 2.24) is 0 Å². The van der Waals surface area contributed by atoms with E-state index in [0.717, 1.165) is 32.3 Å². The van der Waals surface area contributed by atoms with Crippen LogP contribution in [0.15, 0.2) is 0 Å². The highest BCUT2D eigenvalue weighted by Gasteiger charge is 2.42. The Labute approximate surface area is 81.3 Å². The fourth-order valence-corrected chi connectivity index (χ4v) is 1.90. The van der Waals surface area contributed by atoms with Crippen molar-refractivity contribution in [2.24, 2.45) is 5.92 Å². The van der Waals surface area contributed by atoms with Gasteiger partial charge in [-0.1, -0.05) is 13.8 Å². The van der Waals surface area contributed by atoms with E-state index >= 15 is 0 Å². The van der Waals surface area contributed by atoms with Crippen molar-refractivity contribution < 1.29 is 9.84 Å². The predicted molar refractivity (Wildman–Crippen MR) is 53.7 cm³/mol. The molecule has 13 heavy (non-hydrogen) atoms. The summed E-state index contributed by atoms with van der Waals surface area (Å²) in [6.07, 6.45) is 4.06. The first-order valence-electron chi connectivity index (χ1n) is 5.40. The van der Waals surface area contributed by atoms with Gasteiger partial charge in [0.25, 0.3) is 0 Å². The van der Waals surface area contributed by atoms with E-state index < -0.39 is 5.60 Å². The highest BCUT2D eigenvalue weighted by Crippen LogP contribution is 2.38. The zero-order valence-electron chi connectivity index (χ0n) is 9.05. The average molecular weight is 186 g/mol. The summed E-state index contributed by atoms with van der Waals surface area (Å²) in [6.45, 7) is 7.17. The van der Waals surface area contributed by atoms with Crippen molar-refractivity contribution in [2.45, 2.75) is 58.2 Å². The standard InChI is InChI=1S/C11H22O2/c1-4-13-10-7-11(12,8-10)6-5-9(2)3/h9-10,12H,4-8H2,1-3H3. The Hall–Kier alpha value is -0.0800. The Morgan fingerprint density at radius 3 is 2.54 bits per heavy atom. The molecule has 1 fully saturated rings. The van der Waals surface area contributed by atoms with Crippen LogP contribution in [-0.4, -0.2) is 23.4 Å².